The number of allylic oxidation sites excluding steroid dienone is 4. The molecule has 1 aliphatic heterocycles. The van der Waals surface area contributed by atoms with Crippen molar-refractivity contribution in [2.24, 2.45) is 5.92 Å². The predicted octanol–water partition coefficient (Wildman–Crippen LogP) is 2.22. The number of nitrogens with one attached hydrogen (secondary N) is 1. The zero-order chi connectivity index (χ0) is 12.3. The predicted molar refractivity (Wildman–Crippen MR) is 69.6 cm³/mol. The van der Waals surface area contributed by atoms with Crippen molar-refractivity contribution >= 4 is 5.91 Å². The molecule has 0 saturated carbocycles. The lowest BCUT2D eigenvalue weighted by Gasteiger charge is -2.06. The zero-order valence-corrected chi connectivity index (χ0v) is 10.2. The Hall–Kier alpha value is -1.35. The van der Waals surface area contributed by atoms with Crippen molar-refractivity contribution in [3.63, 3.8) is 0 Å². The van der Waals surface area contributed by atoms with Crippen LogP contribution in [0.15, 0.2) is 37.0 Å². The Bertz CT molecular complexity index is 289. The molecule has 0 aromatic carbocycles. The van der Waals surface area contributed by atoms with Gasteiger partial charge in [0, 0.05) is 25.1 Å². The average Bonchev–Trinajstić information content (AvgIpc) is 2.84. The minimum atomic E-state index is -0.0368. The molecule has 1 N–H and O–H groups in total. The van der Waals surface area contributed by atoms with E-state index in [1.165, 1.54) is 0 Å². The molecule has 0 spiro atoms. The second-order valence-corrected chi connectivity index (χ2v) is 4.13. The molecule has 17 heavy (non-hydrogen) atoms. The van der Waals surface area contributed by atoms with E-state index in [0.717, 1.165) is 32.5 Å². The fraction of sp³-hybridized carbons (Fsp3) is 0.500. The number of unbranched alkanes of at least 4 members (excludes halogenated alkanes) is 1. The Morgan fingerprint density at radius 1 is 1.41 bits per heavy atom. The van der Waals surface area contributed by atoms with Gasteiger partial charge in [0.1, 0.15) is 0 Å². The Labute approximate surface area is 103 Å². The molecule has 1 rings (SSSR count). The van der Waals surface area contributed by atoms with Gasteiger partial charge in [0.05, 0.1) is 6.61 Å². The first-order valence-corrected chi connectivity index (χ1v) is 6.12. The quantitative estimate of drug-likeness (QED) is 0.318. The third kappa shape index (κ3) is 6.74. The standard InChI is InChI=1S/C14H21NO2/c1-2-3-4-5-6-7-8-14(16)15-11-13-9-10-17-12-13/h2,5-8,13H,1,3-4,9-12H2,(H,15,16)/b6-5+,8-7+. The first-order chi connectivity index (χ1) is 8.33. The number of carbonyl (C=O) groups excluding carboxylic acids is 1. The highest BCUT2D eigenvalue weighted by atomic mass is 16.5. The number of hydrogen-bond donors (Lipinski definition) is 1. The van der Waals surface area contributed by atoms with E-state index in [9.17, 15) is 4.79 Å². The molecule has 3 heteroatoms. The van der Waals surface area contributed by atoms with Crippen LogP contribution in [0.25, 0.3) is 0 Å². The largest absolute Gasteiger partial charge is 0.381 e. The van der Waals surface area contributed by atoms with Crippen LogP contribution in [0.3, 0.4) is 0 Å². The smallest absolute Gasteiger partial charge is 0.243 e. The molecule has 1 amide bonds. The van der Waals surface area contributed by atoms with Gasteiger partial charge < -0.3 is 10.1 Å². The summed E-state index contributed by atoms with van der Waals surface area (Å²) in [5, 5.41) is 2.87. The van der Waals surface area contributed by atoms with Gasteiger partial charge in [-0.1, -0.05) is 24.3 Å². The molecule has 0 radical (unpaired) electrons. The molecule has 1 fully saturated rings. The zero-order valence-electron chi connectivity index (χ0n) is 10.2. The Balaban J connectivity index is 2.08. The van der Waals surface area contributed by atoms with E-state index in [-0.39, 0.29) is 5.91 Å². The van der Waals surface area contributed by atoms with Crippen molar-refractivity contribution in [2.45, 2.75) is 19.3 Å². The summed E-state index contributed by atoms with van der Waals surface area (Å²) in [5.41, 5.74) is 0. The second kappa shape index (κ2) is 8.76. The number of ether oxygens (including phenoxy) is 1. The normalized spacial score (nSPS) is 20.1. The topological polar surface area (TPSA) is 38.3 Å². The van der Waals surface area contributed by atoms with Crippen molar-refractivity contribution in [3.05, 3.63) is 37.0 Å². The summed E-state index contributed by atoms with van der Waals surface area (Å²) in [6, 6.07) is 0. The first-order valence-electron chi connectivity index (χ1n) is 6.12. The van der Waals surface area contributed by atoms with Crippen molar-refractivity contribution in [2.75, 3.05) is 19.8 Å². The maximum atomic E-state index is 11.4. The molecule has 94 valence electrons. The average molecular weight is 235 g/mol. The summed E-state index contributed by atoms with van der Waals surface area (Å²) < 4.78 is 5.24. The Morgan fingerprint density at radius 3 is 3.00 bits per heavy atom. The summed E-state index contributed by atoms with van der Waals surface area (Å²) in [6.45, 7) is 5.95. The lowest BCUT2D eigenvalue weighted by atomic mass is 10.1. The maximum absolute atomic E-state index is 11.4. The molecule has 1 atom stereocenters. The van der Waals surface area contributed by atoms with Crippen molar-refractivity contribution in [3.8, 4) is 0 Å². The highest BCUT2D eigenvalue weighted by Crippen LogP contribution is 2.10. The molecule has 1 unspecified atom stereocenters. The summed E-state index contributed by atoms with van der Waals surface area (Å²) >= 11 is 0. The monoisotopic (exact) mass is 235 g/mol. The van der Waals surface area contributed by atoms with Gasteiger partial charge in [-0.2, -0.15) is 0 Å². The Morgan fingerprint density at radius 2 is 2.29 bits per heavy atom. The maximum Gasteiger partial charge on any atom is 0.243 e. The first kappa shape index (κ1) is 13.7. The van der Waals surface area contributed by atoms with E-state index in [1.54, 1.807) is 12.2 Å². The highest BCUT2D eigenvalue weighted by Gasteiger charge is 2.15. The van der Waals surface area contributed by atoms with E-state index in [4.69, 9.17) is 4.74 Å². The van der Waals surface area contributed by atoms with Gasteiger partial charge >= 0.3 is 0 Å². The van der Waals surface area contributed by atoms with Gasteiger partial charge in [0.15, 0.2) is 0 Å². The van der Waals surface area contributed by atoms with Gasteiger partial charge in [0.25, 0.3) is 0 Å². The molecule has 3 nitrogen and oxygen atoms in total. The molecule has 0 aliphatic carbocycles. The van der Waals surface area contributed by atoms with Gasteiger partial charge in [-0.3, -0.25) is 4.79 Å². The summed E-state index contributed by atoms with van der Waals surface area (Å²) in [5.74, 6) is 0.445. The van der Waals surface area contributed by atoms with Crippen LogP contribution in [0.5, 0.6) is 0 Å². The minimum Gasteiger partial charge on any atom is -0.381 e. The summed E-state index contributed by atoms with van der Waals surface area (Å²) in [7, 11) is 0. The van der Waals surface area contributed by atoms with Crippen LogP contribution >= 0.6 is 0 Å². The molecular formula is C14H21NO2. The van der Waals surface area contributed by atoms with Crippen LogP contribution in [-0.2, 0) is 9.53 Å². The lowest BCUT2D eigenvalue weighted by molar-refractivity contribution is -0.116. The number of rotatable bonds is 7. The van der Waals surface area contributed by atoms with Gasteiger partial charge in [-0.05, 0) is 19.3 Å². The highest BCUT2D eigenvalue weighted by molar-refractivity contribution is 5.87. The summed E-state index contributed by atoms with van der Waals surface area (Å²) in [6.07, 6.45) is 12.1. The van der Waals surface area contributed by atoms with Gasteiger partial charge in [-0.15, -0.1) is 6.58 Å². The third-order valence-electron chi connectivity index (χ3n) is 2.62. The van der Waals surface area contributed by atoms with Crippen molar-refractivity contribution in [1.29, 1.82) is 0 Å². The molecule has 0 bridgehead atoms. The van der Waals surface area contributed by atoms with Gasteiger partial charge in [-0.25, -0.2) is 0 Å². The molecule has 1 heterocycles. The van der Waals surface area contributed by atoms with Gasteiger partial charge in [0.2, 0.25) is 5.91 Å². The molecular weight excluding hydrogens is 214 g/mol. The molecule has 0 aromatic rings. The molecule has 1 saturated heterocycles. The Kier molecular flexibility index (Phi) is 7.07. The van der Waals surface area contributed by atoms with E-state index in [1.807, 2.05) is 18.2 Å². The number of carbonyl (C=O) groups is 1. The van der Waals surface area contributed by atoms with E-state index >= 15 is 0 Å². The van der Waals surface area contributed by atoms with E-state index in [2.05, 4.69) is 11.9 Å². The van der Waals surface area contributed by atoms with Crippen LogP contribution in [-0.4, -0.2) is 25.7 Å². The number of amides is 1. The van der Waals surface area contributed by atoms with Crippen LogP contribution in [0.4, 0.5) is 0 Å². The SMILES string of the molecule is C=CCC/C=C/C=C/C(=O)NCC1CCOC1. The fourth-order valence-corrected chi connectivity index (χ4v) is 1.58. The molecule has 1 aliphatic rings. The van der Waals surface area contributed by atoms with Crippen LogP contribution in [0.2, 0.25) is 0 Å². The van der Waals surface area contributed by atoms with Crippen LogP contribution < -0.4 is 5.32 Å². The van der Waals surface area contributed by atoms with E-state index < -0.39 is 0 Å². The second-order valence-electron chi connectivity index (χ2n) is 4.13. The molecule has 0 aromatic heterocycles. The van der Waals surface area contributed by atoms with Crippen molar-refractivity contribution in [1.82, 2.24) is 5.32 Å². The fourth-order valence-electron chi connectivity index (χ4n) is 1.58. The minimum absolute atomic E-state index is 0.0368. The van der Waals surface area contributed by atoms with Crippen LogP contribution in [0.1, 0.15) is 19.3 Å². The van der Waals surface area contributed by atoms with Crippen molar-refractivity contribution < 1.29 is 9.53 Å². The van der Waals surface area contributed by atoms with Crippen LogP contribution in [0, 0.1) is 5.92 Å². The summed E-state index contributed by atoms with van der Waals surface area (Å²) in [4.78, 5) is 11.4. The van der Waals surface area contributed by atoms with E-state index in [0.29, 0.717) is 12.5 Å². The third-order valence-corrected chi connectivity index (χ3v) is 2.62. The lowest BCUT2D eigenvalue weighted by Crippen LogP contribution is -2.27. The number of hydrogen-bond acceptors (Lipinski definition) is 2.